The summed E-state index contributed by atoms with van der Waals surface area (Å²) in [6, 6.07) is 8.37. The van der Waals surface area contributed by atoms with E-state index in [9.17, 15) is 19.2 Å². The van der Waals surface area contributed by atoms with Gasteiger partial charge in [-0.05, 0) is 60.9 Å². The zero-order valence-electron chi connectivity index (χ0n) is 31.3. The van der Waals surface area contributed by atoms with Gasteiger partial charge >= 0.3 is 6.03 Å². The minimum atomic E-state index is -0.345. The van der Waals surface area contributed by atoms with Crippen molar-refractivity contribution in [2.24, 2.45) is 7.05 Å². The van der Waals surface area contributed by atoms with Crippen LogP contribution in [0.25, 0.3) is 21.9 Å². The van der Waals surface area contributed by atoms with Crippen LogP contribution in [0, 0.1) is 5.82 Å². The Morgan fingerprint density at radius 2 is 1.74 bits per heavy atom. The van der Waals surface area contributed by atoms with Crippen molar-refractivity contribution in [2.45, 2.75) is 63.9 Å². The molecule has 2 aliphatic heterocycles. The molecule has 2 saturated heterocycles. The normalized spacial score (nSPS) is 16.1. The fraction of sp³-hybridized carbons (Fsp3) is 0.475. The SMILES string of the molecule is CNC(=O)N(CCC=O)Cc1cccn(CCN2CCC(OC3CCN(Cc4c(F)cc(-c5cn(C)c(=O)c6cnccc56)cc4OC)CC3)CC2)c1=O. The standard InChI is InChI=1S/C40H50FN7O6/c1-42-40(52)48(14-5-21-49)25-28-6-4-13-47(38(28)50)20-19-45-15-8-30(9-16-45)54-31-10-17-46(18-11-31)27-35-36(41)22-29(23-37(35)53-3)34-26-44(2)39(51)33-24-43-12-7-32(33)34/h4,6-7,12-13,21-24,26,30-31H,5,8-11,14-20,25,27H2,1-3H3,(H,42,52). The smallest absolute Gasteiger partial charge is 0.317 e. The van der Waals surface area contributed by atoms with E-state index in [2.05, 4.69) is 20.1 Å². The molecule has 3 aromatic heterocycles. The molecule has 13 nitrogen and oxygen atoms in total. The molecule has 0 bridgehead atoms. The molecule has 1 N–H and O–H groups in total. The van der Waals surface area contributed by atoms with Crippen molar-refractivity contribution in [3.63, 3.8) is 0 Å². The highest BCUT2D eigenvalue weighted by Crippen LogP contribution is 2.34. The monoisotopic (exact) mass is 743 g/mol. The molecule has 54 heavy (non-hydrogen) atoms. The van der Waals surface area contributed by atoms with Crippen molar-refractivity contribution in [1.29, 1.82) is 0 Å². The van der Waals surface area contributed by atoms with E-state index in [0.29, 0.717) is 46.3 Å². The summed E-state index contributed by atoms with van der Waals surface area (Å²) in [6.07, 6.45) is 11.6. The molecule has 4 aromatic rings. The molecule has 288 valence electrons. The number of nitrogens with one attached hydrogen (secondary N) is 1. The van der Waals surface area contributed by atoms with E-state index in [-0.39, 0.29) is 54.7 Å². The van der Waals surface area contributed by atoms with Crippen LogP contribution in [0.5, 0.6) is 5.75 Å². The van der Waals surface area contributed by atoms with Gasteiger partial charge in [0.25, 0.3) is 11.1 Å². The molecular formula is C40H50FN7O6. The van der Waals surface area contributed by atoms with Gasteiger partial charge in [0.1, 0.15) is 17.9 Å². The van der Waals surface area contributed by atoms with Crippen LogP contribution < -0.4 is 21.2 Å². The van der Waals surface area contributed by atoms with Gasteiger partial charge in [-0.1, -0.05) is 6.07 Å². The van der Waals surface area contributed by atoms with Crippen molar-refractivity contribution in [3.8, 4) is 16.9 Å². The molecule has 0 spiro atoms. The van der Waals surface area contributed by atoms with E-state index in [4.69, 9.17) is 9.47 Å². The summed E-state index contributed by atoms with van der Waals surface area (Å²) in [6.45, 7) is 5.44. The van der Waals surface area contributed by atoms with E-state index in [1.54, 1.807) is 55.6 Å². The molecule has 0 saturated carbocycles. The van der Waals surface area contributed by atoms with Gasteiger partial charge in [0.05, 0.1) is 31.2 Å². The first-order valence-electron chi connectivity index (χ1n) is 18.7. The third-order valence-electron chi connectivity index (χ3n) is 10.6. The Labute approximate surface area is 314 Å². The molecule has 2 fully saturated rings. The third-order valence-corrected chi connectivity index (χ3v) is 10.6. The number of halogens is 1. The molecule has 0 unspecified atom stereocenters. The largest absolute Gasteiger partial charge is 0.496 e. The fourth-order valence-electron chi connectivity index (χ4n) is 7.57. The lowest BCUT2D eigenvalue weighted by molar-refractivity contribution is -0.108. The number of hydrogen-bond donors (Lipinski definition) is 1. The predicted molar refractivity (Wildman–Crippen MR) is 204 cm³/mol. The fourth-order valence-corrected chi connectivity index (χ4v) is 7.57. The number of pyridine rings is 3. The lowest BCUT2D eigenvalue weighted by atomic mass is 9.98. The highest BCUT2D eigenvalue weighted by Gasteiger charge is 2.27. The number of aldehydes is 1. The molecule has 6 rings (SSSR count). The second-order valence-electron chi connectivity index (χ2n) is 14.1. The van der Waals surface area contributed by atoms with Crippen molar-refractivity contribution in [2.75, 3.05) is 53.4 Å². The predicted octanol–water partition coefficient (Wildman–Crippen LogP) is 3.79. The first kappa shape index (κ1) is 38.8. The molecule has 14 heteroatoms. The number of ether oxygens (including phenoxy) is 2. The molecule has 0 atom stereocenters. The Morgan fingerprint density at radius 1 is 1.02 bits per heavy atom. The van der Waals surface area contributed by atoms with Crippen LogP contribution in [0.4, 0.5) is 9.18 Å². The van der Waals surface area contributed by atoms with Crippen molar-refractivity contribution < 1.29 is 23.5 Å². The van der Waals surface area contributed by atoms with Crippen molar-refractivity contribution in [3.05, 3.63) is 92.8 Å². The number of likely N-dealkylation sites (tertiary alicyclic amines) is 2. The first-order valence-corrected chi connectivity index (χ1v) is 18.7. The number of carbonyl (C=O) groups is 2. The number of methoxy groups -OCH3 is 1. The van der Waals surface area contributed by atoms with Gasteiger partial charge in [0, 0.05) is 114 Å². The van der Waals surface area contributed by atoms with Gasteiger partial charge in [0.15, 0.2) is 0 Å². The summed E-state index contributed by atoms with van der Waals surface area (Å²) in [5.74, 6) is 0.129. The summed E-state index contributed by atoms with van der Waals surface area (Å²) < 4.78 is 31.2. The Morgan fingerprint density at radius 3 is 2.43 bits per heavy atom. The average Bonchev–Trinajstić information content (AvgIpc) is 3.19. The molecule has 5 heterocycles. The van der Waals surface area contributed by atoms with E-state index in [1.165, 1.54) is 22.6 Å². The van der Waals surface area contributed by atoms with Crippen LogP contribution >= 0.6 is 0 Å². The van der Waals surface area contributed by atoms with Gasteiger partial charge in [-0.3, -0.25) is 19.5 Å². The Balaban J connectivity index is 0.973. The van der Waals surface area contributed by atoms with E-state index in [0.717, 1.165) is 70.3 Å². The average molecular weight is 744 g/mol. The van der Waals surface area contributed by atoms with Crippen LogP contribution in [0.1, 0.15) is 43.2 Å². The van der Waals surface area contributed by atoms with Gasteiger partial charge in [-0.15, -0.1) is 0 Å². The minimum Gasteiger partial charge on any atom is -0.496 e. The lowest BCUT2D eigenvalue weighted by Crippen LogP contribution is -2.43. The summed E-state index contributed by atoms with van der Waals surface area (Å²) in [5, 5.41) is 3.76. The van der Waals surface area contributed by atoms with Gasteiger partial charge in [-0.25, -0.2) is 9.18 Å². The quantitative estimate of drug-likeness (QED) is 0.192. The summed E-state index contributed by atoms with van der Waals surface area (Å²) in [7, 11) is 4.76. The molecule has 1 aromatic carbocycles. The minimum absolute atomic E-state index is 0.131. The molecular weight excluding hydrogens is 693 g/mol. The third kappa shape index (κ3) is 9.05. The number of nitrogens with zero attached hydrogens (tertiary/aromatic N) is 6. The van der Waals surface area contributed by atoms with Crippen LogP contribution in [0.2, 0.25) is 0 Å². The number of amides is 2. The number of aryl methyl sites for hydroxylation is 1. The Bertz CT molecular complexity index is 2050. The van der Waals surface area contributed by atoms with Crippen molar-refractivity contribution >= 4 is 23.1 Å². The highest BCUT2D eigenvalue weighted by atomic mass is 19.1. The van der Waals surface area contributed by atoms with E-state index < -0.39 is 0 Å². The number of benzene rings is 1. The van der Waals surface area contributed by atoms with Crippen LogP contribution in [0.3, 0.4) is 0 Å². The number of piperidine rings is 2. The maximum Gasteiger partial charge on any atom is 0.317 e. The number of urea groups is 1. The molecule has 2 amide bonds. The number of hydrogen-bond acceptors (Lipinski definition) is 9. The summed E-state index contributed by atoms with van der Waals surface area (Å²) >= 11 is 0. The maximum absolute atomic E-state index is 15.8. The molecule has 2 aliphatic rings. The second kappa shape index (κ2) is 17.9. The second-order valence-corrected chi connectivity index (χ2v) is 14.1. The Hall–Kier alpha value is -4.92. The van der Waals surface area contributed by atoms with Gasteiger partial charge in [-0.2, -0.15) is 0 Å². The molecule has 0 aliphatic carbocycles. The van der Waals surface area contributed by atoms with Crippen LogP contribution in [0.15, 0.2) is 64.7 Å². The maximum atomic E-state index is 15.8. The number of fused-ring (bicyclic) bond motifs is 1. The molecule has 0 radical (unpaired) electrons. The number of aromatic nitrogens is 3. The highest BCUT2D eigenvalue weighted by molar-refractivity contribution is 5.95. The number of carbonyl (C=O) groups excluding carboxylic acids is 2. The van der Waals surface area contributed by atoms with Gasteiger partial charge in [0.2, 0.25) is 0 Å². The Kier molecular flexibility index (Phi) is 12.9. The van der Waals surface area contributed by atoms with Crippen LogP contribution in [-0.4, -0.2) is 107 Å². The topological polar surface area (TPSA) is 131 Å². The zero-order chi connectivity index (χ0) is 38.2. The van der Waals surface area contributed by atoms with Crippen LogP contribution in [-0.2, 0) is 36.2 Å². The van der Waals surface area contributed by atoms with E-state index in [1.807, 2.05) is 12.1 Å². The summed E-state index contributed by atoms with van der Waals surface area (Å²) in [4.78, 5) is 59.1. The van der Waals surface area contributed by atoms with E-state index >= 15 is 4.39 Å². The number of rotatable bonds is 14. The van der Waals surface area contributed by atoms with Crippen molar-refractivity contribution in [1.82, 2.24) is 34.1 Å². The van der Waals surface area contributed by atoms with Gasteiger partial charge < -0.3 is 38.5 Å². The zero-order valence-corrected chi connectivity index (χ0v) is 31.3. The lowest BCUT2D eigenvalue weighted by Gasteiger charge is -2.37. The summed E-state index contributed by atoms with van der Waals surface area (Å²) in [5.41, 5.74) is 2.11. The first-order chi connectivity index (χ1) is 26.2.